The molecule has 1 aliphatic heterocycles. The Hall–Kier alpha value is -3.47. The predicted octanol–water partition coefficient (Wildman–Crippen LogP) is 3.06. The highest BCUT2D eigenvalue weighted by Gasteiger charge is 2.32. The summed E-state index contributed by atoms with van der Waals surface area (Å²) in [6, 6.07) is 14.7. The van der Waals surface area contributed by atoms with Gasteiger partial charge in [-0.1, -0.05) is 24.3 Å². The molecule has 0 bridgehead atoms. The zero-order valence-electron chi connectivity index (χ0n) is 19.5. The van der Waals surface area contributed by atoms with Crippen LogP contribution in [0.3, 0.4) is 0 Å². The van der Waals surface area contributed by atoms with Gasteiger partial charge in [-0.25, -0.2) is 13.4 Å². The molecule has 2 aromatic heterocycles. The number of rotatable bonds is 7. The second-order valence-electron chi connectivity index (χ2n) is 8.67. The van der Waals surface area contributed by atoms with Crippen molar-refractivity contribution in [3.63, 3.8) is 0 Å². The van der Waals surface area contributed by atoms with Crippen LogP contribution < -0.4 is 5.32 Å². The summed E-state index contributed by atoms with van der Waals surface area (Å²) in [5.74, 6) is 0.661. The molecule has 0 spiro atoms. The lowest BCUT2D eigenvalue weighted by atomic mass is 10.1. The van der Waals surface area contributed by atoms with E-state index in [2.05, 4.69) is 25.5 Å². The first-order valence-electron chi connectivity index (χ1n) is 11.4. The average molecular weight is 491 g/mol. The van der Waals surface area contributed by atoms with Crippen molar-refractivity contribution in [1.29, 1.82) is 0 Å². The molecule has 1 atom stereocenters. The summed E-state index contributed by atoms with van der Waals surface area (Å²) in [5.41, 5.74) is 3.76. The lowest BCUT2D eigenvalue weighted by molar-refractivity contribution is 0.417. The van der Waals surface area contributed by atoms with E-state index in [1.165, 1.54) is 0 Å². The predicted molar refractivity (Wildman–Crippen MR) is 132 cm³/mol. The molecule has 9 nitrogen and oxygen atoms in total. The van der Waals surface area contributed by atoms with Gasteiger partial charge in [0.05, 0.1) is 28.2 Å². The molecule has 2 aromatic carbocycles. The summed E-state index contributed by atoms with van der Waals surface area (Å²) in [7, 11) is 0.478. The first kappa shape index (κ1) is 23.3. The maximum Gasteiger partial charge on any atom is 0.268 e. The van der Waals surface area contributed by atoms with Gasteiger partial charge in [-0.2, -0.15) is 0 Å². The topological polar surface area (TPSA) is 114 Å². The summed E-state index contributed by atoms with van der Waals surface area (Å²) in [5, 5.41) is 11.0. The van der Waals surface area contributed by atoms with Crippen LogP contribution >= 0.6 is 0 Å². The number of hydrogen-bond donors (Lipinski definition) is 1. The Kier molecular flexibility index (Phi) is 6.42. The second kappa shape index (κ2) is 9.65. The first-order chi connectivity index (χ1) is 16.9. The SMILES string of the molecule is CNCc1ccc(-c2nnc(-c3cncc(-c4ccc(S(=O)(=O)C5CCN(C)C5)cc4)n3)o2)cc1. The molecular weight excluding hydrogens is 464 g/mol. The molecule has 1 unspecified atom stereocenters. The maximum atomic E-state index is 13.0. The monoisotopic (exact) mass is 490 g/mol. The van der Waals surface area contributed by atoms with E-state index in [4.69, 9.17) is 4.42 Å². The van der Waals surface area contributed by atoms with Crippen LogP contribution in [-0.4, -0.2) is 65.9 Å². The van der Waals surface area contributed by atoms with Crippen molar-refractivity contribution in [2.24, 2.45) is 0 Å². The van der Waals surface area contributed by atoms with E-state index in [-0.39, 0.29) is 11.1 Å². The number of nitrogens with one attached hydrogen (secondary N) is 1. The van der Waals surface area contributed by atoms with E-state index >= 15 is 0 Å². The van der Waals surface area contributed by atoms with Crippen LogP contribution in [0.4, 0.5) is 0 Å². The Morgan fingerprint density at radius 3 is 2.34 bits per heavy atom. The highest BCUT2D eigenvalue weighted by atomic mass is 32.2. The van der Waals surface area contributed by atoms with Gasteiger partial charge in [0.1, 0.15) is 5.69 Å². The van der Waals surface area contributed by atoms with Crippen LogP contribution in [-0.2, 0) is 16.4 Å². The van der Waals surface area contributed by atoms with Crippen LogP contribution in [0.2, 0.25) is 0 Å². The summed E-state index contributed by atoms with van der Waals surface area (Å²) in [4.78, 5) is 11.3. The molecule has 1 saturated heterocycles. The molecular formula is C25H26N6O3S. The minimum absolute atomic E-state index is 0.262. The van der Waals surface area contributed by atoms with E-state index in [0.29, 0.717) is 35.1 Å². The zero-order chi connectivity index (χ0) is 24.4. The number of benzene rings is 2. The largest absolute Gasteiger partial charge is 0.415 e. The van der Waals surface area contributed by atoms with Crippen molar-refractivity contribution in [2.75, 3.05) is 27.2 Å². The third-order valence-electron chi connectivity index (χ3n) is 6.13. The Bertz CT molecular complexity index is 1420. The van der Waals surface area contributed by atoms with Crippen LogP contribution in [0.1, 0.15) is 12.0 Å². The van der Waals surface area contributed by atoms with Gasteiger partial charge in [-0.3, -0.25) is 4.98 Å². The Morgan fingerprint density at radius 2 is 1.66 bits per heavy atom. The van der Waals surface area contributed by atoms with Gasteiger partial charge in [-0.05, 0) is 56.9 Å². The van der Waals surface area contributed by atoms with Crippen LogP contribution in [0.5, 0.6) is 0 Å². The molecule has 1 aliphatic rings. The van der Waals surface area contributed by atoms with Crippen molar-refractivity contribution in [3.05, 3.63) is 66.5 Å². The Labute approximate surface area is 204 Å². The van der Waals surface area contributed by atoms with Gasteiger partial charge < -0.3 is 14.6 Å². The van der Waals surface area contributed by atoms with Crippen LogP contribution in [0, 0.1) is 0 Å². The third-order valence-corrected chi connectivity index (χ3v) is 8.32. The smallest absolute Gasteiger partial charge is 0.268 e. The molecule has 10 heteroatoms. The lowest BCUT2D eigenvalue weighted by Crippen LogP contribution is -2.25. The second-order valence-corrected chi connectivity index (χ2v) is 10.9. The Morgan fingerprint density at radius 1 is 0.971 bits per heavy atom. The Balaban J connectivity index is 1.36. The lowest BCUT2D eigenvalue weighted by Gasteiger charge is -2.12. The van der Waals surface area contributed by atoms with Crippen molar-refractivity contribution >= 4 is 9.84 Å². The van der Waals surface area contributed by atoms with E-state index in [9.17, 15) is 8.42 Å². The number of aromatic nitrogens is 4. The number of nitrogens with zero attached hydrogens (tertiary/aromatic N) is 5. The molecule has 4 aromatic rings. The fourth-order valence-corrected chi connectivity index (χ4v) is 5.94. The van der Waals surface area contributed by atoms with Crippen molar-refractivity contribution in [2.45, 2.75) is 23.1 Å². The summed E-state index contributed by atoms with van der Waals surface area (Å²) in [6.45, 7) is 2.13. The third kappa shape index (κ3) is 4.86. The average Bonchev–Trinajstić information content (AvgIpc) is 3.55. The van der Waals surface area contributed by atoms with E-state index in [1.807, 2.05) is 43.3 Å². The molecule has 1 N–H and O–H groups in total. The van der Waals surface area contributed by atoms with E-state index in [0.717, 1.165) is 29.8 Å². The van der Waals surface area contributed by atoms with Crippen molar-refractivity contribution < 1.29 is 12.8 Å². The minimum Gasteiger partial charge on any atom is -0.415 e. The standard InChI is InChI=1S/C25H26N6O3S/c1-26-13-17-3-5-19(6-4-17)24-29-30-25(34-24)23-15-27-14-22(28-23)18-7-9-20(10-8-18)35(32,33)21-11-12-31(2)16-21/h3-10,14-15,21,26H,11-13,16H2,1-2H3. The highest BCUT2D eigenvalue weighted by Crippen LogP contribution is 2.27. The maximum absolute atomic E-state index is 13.0. The summed E-state index contributed by atoms with van der Waals surface area (Å²) < 4.78 is 31.8. The molecule has 0 radical (unpaired) electrons. The molecule has 0 aliphatic carbocycles. The van der Waals surface area contributed by atoms with E-state index in [1.54, 1.807) is 36.7 Å². The van der Waals surface area contributed by atoms with Gasteiger partial charge in [0, 0.05) is 24.2 Å². The van der Waals surface area contributed by atoms with Gasteiger partial charge in [0.15, 0.2) is 9.84 Å². The van der Waals surface area contributed by atoms with Gasteiger partial charge in [-0.15, -0.1) is 10.2 Å². The number of hydrogen-bond acceptors (Lipinski definition) is 9. The fraction of sp³-hybridized carbons (Fsp3) is 0.280. The van der Waals surface area contributed by atoms with Gasteiger partial charge >= 0.3 is 0 Å². The molecule has 0 saturated carbocycles. The first-order valence-corrected chi connectivity index (χ1v) is 12.9. The zero-order valence-corrected chi connectivity index (χ0v) is 20.4. The fourth-order valence-electron chi connectivity index (χ4n) is 4.18. The number of likely N-dealkylation sites (tertiary alicyclic amines) is 1. The molecule has 1 fully saturated rings. The highest BCUT2D eigenvalue weighted by molar-refractivity contribution is 7.92. The van der Waals surface area contributed by atoms with Gasteiger partial charge in [0.25, 0.3) is 5.89 Å². The van der Waals surface area contributed by atoms with Crippen LogP contribution in [0.25, 0.3) is 34.3 Å². The van der Waals surface area contributed by atoms with Crippen molar-refractivity contribution in [1.82, 2.24) is 30.4 Å². The minimum atomic E-state index is -3.37. The van der Waals surface area contributed by atoms with Crippen molar-refractivity contribution in [3.8, 4) is 34.3 Å². The molecule has 180 valence electrons. The van der Waals surface area contributed by atoms with E-state index < -0.39 is 9.84 Å². The van der Waals surface area contributed by atoms with Crippen LogP contribution in [0.15, 0.2) is 70.2 Å². The normalized spacial score (nSPS) is 16.6. The number of sulfone groups is 1. The summed E-state index contributed by atoms with van der Waals surface area (Å²) >= 11 is 0. The quantitative estimate of drug-likeness (QED) is 0.417. The van der Waals surface area contributed by atoms with Gasteiger partial charge in [0.2, 0.25) is 5.89 Å². The molecule has 5 rings (SSSR count). The molecule has 35 heavy (non-hydrogen) atoms. The summed E-state index contributed by atoms with van der Waals surface area (Å²) in [6.07, 6.45) is 3.84. The molecule has 0 amide bonds. The molecule has 3 heterocycles.